The highest BCUT2D eigenvalue weighted by molar-refractivity contribution is 9.10. The van der Waals surface area contributed by atoms with Gasteiger partial charge in [-0.2, -0.15) is 0 Å². The molecule has 1 heterocycles. The molecule has 0 aliphatic heterocycles. The summed E-state index contributed by atoms with van der Waals surface area (Å²) in [6.45, 7) is 4.79. The number of nitrogens with one attached hydrogen (secondary N) is 2. The lowest BCUT2D eigenvalue weighted by molar-refractivity contribution is 0.0830. The Kier molecular flexibility index (Phi) is 7.08. The lowest BCUT2D eigenvalue weighted by atomic mass is 10.1. The van der Waals surface area contributed by atoms with Crippen LogP contribution in [-0.4, -0.2) is 25.5 Å². The van der Waals surface area contributed by atoms with Gasteiger partial charge < -0.3 is 13.9 Å². The Morgan fingerprint density at radius 3 is 2.46 bits per heavy atom. The molecule has 8 heteroatoms. The van der Waals surface area contributed by atoms with Crippen molar-refractivity contribution in [3.8, 4) is 11.5 Å². The second kappa shape index (κ2) is 9.28. The van der Waals surface area contributed by atoms with Crippen LogP contribution in [0.15, 0.2) is 39.4 Å². The average Bonchev–Trinajstić information content (AvgIpc) is 3.05. The number of hydrogen-bond donors (Lipinski definition) is 2. The van der Waals surface area contributed by atoms with Gasteiger partial charge in [0.05, 0.1) is 13.7 Å². The number of benzene rings is 1. The fourth-order valence-electron chi connectivity index (χ4n) is 2.02. The molecule has 7 nitrogen and oxygen atoms in total. The predicted octanol–water partition coefficient (Wildman–Crippen LogP) is 3.55. The first kappa shape index (κ1) is 19.8. The summed E-state index contributed by atoms with van der Waals surface area (Å²) in [4.78, 5) is 24.1. The van der Waals surface area contributed by atoms with E-state index in [1.54, 1.807) is 24.3 Å². The molecule has 2 rings (SSSR count). The van der Waals surface area contributed by atoms with E-state index in [1.807, 2.05) is 0 Å². The van der Waals surface area contributed by atoms with Crippen LogP contribution in [0.3, 0.4) is 0 Å². The molecule has 140 valence electrons. The third-order valence-corrected chi connectivity index (χ3v) is 3.89. The zero-order chi connectivity index (χ0) is 19.1. The molecular weight excluding hydrogens is 404 g/mol. The van der Waals surface area contributed by atoms with Crippen molar-refractivity contribution in [2.24, 2.45) is 5.92 Å². The van der Waals surface area contributed by atoms with Crippen LogP contribution in [0.1, 0.15) is 41.2 Å². The number of methoxy groups -OCH3 is 1. The summed E-state index contributed by atoms with van der Waals surface area (Å²) in [5, 5.41) is 0. The number of furan rings is 1. The van der Waals surface area contributed by atoms with Crippen LogP contribution in [0.4, 0.5) is 0 Å². The van der Waals surface area contributed by atoms with Crippen molar-refractivity contribution < 1.29 is 23.5 Å². The van der Waals surface area contributed by atoms with Crippen LogP contribution < -0.4 is 20.3 Å². The molecule has 2 aromatic rings. The Labute approximate surface area is 160 Å². The lowest BCUT2D eigenvalue weighted by Crippen LogP contribution is -2.41. The van der Waals surface area contributed by atoms with E-state index in [9.17, 15) is 9.59 Å². The van der Waals surface area contributed by atoms with Crippen LogP contribution in [0.2, 0.25) is 0 Å². The van der Waals surface area contributed by atoms with Crippen molar-refractivity contribution in [2.75, 3.05) is 13.7 Å². The highest BCUT2D eigenvalue weighted by Crippen LogP contribution is 2.28. The summed E-state index contributed by atoms with van der Waals surface area (Å²) in [5.74, 6) is 0.561. The number of carbonyl (C=O) groups is 2. The Balaban J connectivity index is 1.96. The van der Waals surface area contributed by atoms with E-state index >= 15 is 0 Å². The summed E-state index contributed by atoms with van der Waals surface area (Å²) in [5.41, 5.74) is 4.93. The van der Waals surface area contributed by atoms with Crippen LogP contribution in [0.25, 0.3) is 0 Å². The van der Waals surface area contributed by atoms with E-state index in [0.29, 0.717) is 34.3 Å². The third kappa shape index (κ3) is 5.52. The number of carbonyl (C=O) groups excluding carboxylic acids is 2. The van der Waals surface area contributed by atoms with Crippen LogP contribution in [-0.2, 0) is 0 Å². The first-order valence-corrected chi connectivity index (χ1v) is 8.87. The van der Waals surface area contributed by atoms with E-state index in [4.69, 9.17) is 13.9 Å². The molecule has 26 heavy (non-hydrogen) atoms. The van der Waals surface area contributed by atoms with Gasteiger partial charge in [-0.1, -0.05) is 13.8 Å². The monoisotopic (exact) mass is 424 g/mol. The van der Waals surface area contributed by atoms with Gasteiger partial charge in [0.25, 0.3) is 5.91 Å². The molecule has 1 aromatic carbocycles. The minimum absolute atomic E-state index is 0.0728. The third-order valence-electron chi connectivity index (χ3n) is 3.47. The highest BCUT2D eigenvalue weighted by atomic mass is 79.9. The van der Waals surface area contributed by atoms with Gasteiger partial charge in [0.15, 0.2) is 21.9 Å². The zero-order valence-corrected chi connectivity index (χ0v) is 16.4. The molecule has 0 spiro atoms. The minimum Gasteiger partial charge on any atom is -0.493 e. The molecular formula is C18H21BrN2O5. The Bertz CT molecular complexity index is 773. The number of rotatable bonds is 7. The van der Waals surface area contributed by atoms with Crippen LogP contribution in [0.5, 0.6) is 11.5 Å². The number of amides is 2. The minimum atomic E-state index is -0.565. The van der Waals surface area contributed by atoms with Crippen molar-refractivity contribution in [2.45, 2.75) is 20.3 Å². The molecule has 0 atom stereocenters. The van der Waals surface area contributed by atoms with E-state index in [1.165, 1.54) is 13.2 Å². The standard InChI is InChI=1S/C18H21BrN2O5/c1-11(2)8-9-25-13-5-4-12(10-15(13)24-3)17(22)20-21-18(23)14-6-7-16(19)26-14/h4-7,10-11H,8-9H2,1-3H3,(H,20,22)(H,21,23). The SMILES string of the molecule is COc1cc(C(=O)NNC(=O)c2ccc(Br)o2)ccc1OCCC(C)C. The molecule has 0 aliphatic rings. The van der Waals surface area contributed by atoms with E-state index in [-0.39, 0.29) is 5.76 Å². The Morgan fingerprint density at radius 1 is 1.12 bits per heavy atom. The largest absolute Gasteiger partial charge is 0.493 e. The number of hydrazine groups is 1. The summed E-state index contributed by atoms with van der Waals surface area (Å²) in [6.07, 6.45) is 0.917. The first-order valence-electron chi connectivity index (χ1n) is 8.07. The maximum absolute atomic E-state index is 12.2. The van der Waals surface area contributed by atoms with Gasteiger partial charge in [0.1, 0.15) is 0 Å². The summed E-state index contributed by atoms with van der Waals surface area (Å²) < 4.78 is 16.5. The molecule has 0 saturated heterocycles. The van der Waals surface area contributed by atoms with Crippen molar-refractivity contribution in [3.63, 3.8) is 0 Å². The van der Waals surface area contributed by atoms with Crippen molar-refractivity contribution in [1.29, 1.82) is 0 Å². The maximum Gasteiger partial charge on any atom is 0.305 e. The second-order valence-electron chi connectivity index (χ2n) is 5.91. The van der Waals surface area contributed by atoms with Crippen LogP contribution >= 0.6 is 15.9 Å². The number of ether oxygens (including phenoxy) is 2. The molecule has 2 amide bonds. The van der Waals surface area contributed by atoms with E-state index in [2.05, 4.69) is 40.6 Å². The van der Waals surface area contributed by atoms with E-state index < -0.39 is 11.8 Å². The Morgan fingerprint density at radius 2 is 1.85 bits per heavy atom. The molecule has 0 fully saturated rings. The fourth-order valence-corrected chi connectivity index (χ4v) is 2.32. The van der Waals surface area contributed by atoms with Gasteiger partial charge in [0.2, 0.25) is 0 Å². The smallest absolute Gasteiger partial charge is 0.305 e. The molecule has 0 aliphatic carbocycles. The number of halogens is 1. The zero-order valence-electron chi connectivity index (χ0n) is 14.8. The molecule has 0 saturated carbocycles. The summed E-state index contributed by atoms with van der Waals surface area (Å²) in [7, 11) is 1.50. The quantitative estimate of drug-likeness (QED) is 0.663. The van der Waals surface area contributed by atoms with Crippen molar-refractivity contribution in [3.05, 3.63) is 46.3 Å². The van der Waals surface area contributed by atoms with Crippen molar-refractivity contribution in [1.82, 2.24) is 10.9 Å². The lowest BCUT2D eigenvalue weighted by Gasteiger charge is -2.13. The van der Waals surface area contributed by atoms with Gasteiger partial charge >= 0.3 is 5.91 Å². The molecule has 0 unspecified atom stereocenters. The molecule has 0 bridgehead atoms. The highest BCUT2D eigenvalue weighted by Gasteiger charge is 2.14. The Hall–Kier alpha value is -2.48. The topological polar surface area (TPSA) is 89.8 Å². The number of hydrogen-bond acceptors (Lipinski definition) is 5. The van der Waals surface area contributed by atoms with Gasteiger partial charge in [-0.05, 0) is 58.6 Å². The predicted molar refractivity (Wildman–Crippen MR) is 99.3 cm³/mol. The second-order valence-corrected chi connectivity index (χ2v) is 6.69. The van der Waals surface area contributed by atoms with Crippen LogP contribution in [0, 0.1) is 5.92 Å². The van der Waals surface area contributed by atoms with E-state index in [0.717, 1.165) is 6.42 Å². The van der Waals surface area contributed by atoms with Gasteiger partial charge in [-0.25, -0.2) is 0 Å². The first-order chi connectivity index (χ1) is 12.4. The van der Waals surface area contributed by atoms with Crippen molar-refractivity contribution >= 4 is 27.7 Å². The summed E-state index contributed by atoms with van der Waals surface area (Å²) in [6, 6.07) is 7.88. The summed E-state index contributed by atoms with van der Waals surface area (Å²) >= 11 is 3.11. The van der Waals surface area contributed by atoms with Gasteiger partial charge in [-0.15, -0.1) is 0 Å². The normalized spacial score (nSPS) is 10.5. The molecule has 1 aromatic heterocycles. The fraction of sp³-hybridized carbons (Fsp3) is 0.333. The molecule has 0 radical (unpaired) electrons. The van der Waals surface area contributed by atoms with Gasteiger partial charge in [-0.3, -0.25) is 20.4 Å². The average molecular weight is 425 g/mol. The maximum atomic E-state index is 12.2. The van der Waals surface area contributed by atoms with Gasteiger partial charge in [0, 0.05) is 5.56 Å². The molecule has 2 N–H and O–H groups in total.